The van der Waals surface area contributed by atoms with E-state index in [0.29, 0.717) is 10.8 Å². The van der Waals surface area contributed by atoms with E-state index in [1.807, 2.05) is 0 Å². The van der Waals surface area contributed by atoms with E-state index in [9.17, 15) is 5.11 Å². The fourth-order valence-corrected chi connectivity index (χ4v) is 8.99. The lowest BCUT2D eigenvalue weighted by molar-refractivity contribution is -0.125. The topological polar surface area (TPSA) is 29.5 Å². The molecule has 0 aliphatic heterocycles. The minimum atomic E-state index is -0.889. The van der Waals surface area contributed by atoms with E-state index >= 15 is 0 Å². The lowest BCUT2D eigenvalue weighted by atomic mass is 9.47. The summed E-state index contributed by atoms with van der Waals surface area (Å²) in [6.45, 7) is 16.2. The minimum absolute atomic E-state index is 0.153. The first kappa shape index (κ1) is 23.8. The summed E-state index contributed by atoms with van der Waals surface area (Å²) in [5.41, 5.74) is 2.56. The second-order valence-electron chi connectivity index (χ2n) is 12.7. The van der Waals surface area contributed by atoms with Gasteiger partial charge >= 0.3 is 0 Å². The van der Waals surface area contributed by atoms with Crippen molar-refractivity contribution in [3.05, 3.63) is 18.6 Å². The second-order valence-corrected chi connectivity index (χ2v) is 12.7. The van der Waals surface area contributed by atoms with Crippen LogP contribution in [0.25, 0.3) is 0 Å². The van der Waals surface area contributed by atoms with Crippen LogP contribution in [0.15, 0.2) is 11.6 Å². The number of aliphatic hydroxyl groups is 1. The Hall–Kier alpha value is -0.340. The number of ether oxygens (including phenoxy) is 1. The molecule has 4 rings (SSSR count). The Labute approximate surface area is 192 Å². The van der Waals surface area contributed by atoms with Crippen molar-refractivity contribution in [3.63, 3.8) is 0 Å². The molecule has 0 bridgehead atoms. The van der Waals surface area contributed by atoms with Gasteiger partial charge in [-0.3, -0.25) is 0 Å². The van der Waals surface area contributed by atoms with E-state index in [1.165, 1.54) is 57.8 Å². The Morgan fingerprint density at radius 1 is 1.06 bits per heavy atom. The zero-order valence-corrected chi connectivity index (χ0v) is 21.0. The van der Waals surface area contributed by atoms with Crippen LogP contribution in [-0.2, 0) is 4.74 Å². The molecule has 4 aliphatic carbocycles. The van der Waals surface area contributed by atoms with Gasteiger partial charge in [-0.1, -0.05) is 65.5 Å². The number of fused-ring (bicyclic) bond motifs is 5. The molecule has 1 unspecified atom stereocenters. The summed E-state index contributed by atoms with van der Waals surface area (Å²) in [6, 6.07) is 0. The first-order chi connectivity index (χ1) is 14.6. The summed E-state index contributed by atoms with van der Waals surface area (Å²) >= 11 is 0. The van der Waals surface area contributed by atoms with E-state index < -0.39 is 6.29 Å². The fraction of sp³-hybridized carbons (Fsp3) is 0.897. The third-order valence-electron chi connectivity index (χ3n) is 10.6. The largest absolute Gasteiger partial charge is 0.368 e. The Morgan fingerprint density at radius 3 is 2.55 bits per heavy atom. The lowest BCUT2D eigenvalue weighted by Crippen LogP contribution is -2.51. The van der Waals surface area contributed by atoms with Gasteiger partial charge in [-0.05, 0) is 97.7 Å². The van der Waals surface area contributed by atoms with Crippen molar-refractivity contribution in [3.8, 4) is 0 Å². The molecule has 1 radical (unpaired) electrons. The molecule has 3 fully saturated rings. The SMILES string of the molecule is [CH2]C(O)O[C@H]1CC[C@@]2(C)C(=CC[C@H]3[C@@H]4CC[C@H]([C@H](C)CCCC(C)C)[C@@]4(C)CC[C@@H]32)C1. The molecule has 2 nitrogen and oxygen atoms in total. The Balaban J connectivity index is 1.46. The van der Waals surface area contributed by atoms with Crippen molar-refractivity contribution in [2.45, 2.75) is 118 Å². The van der Waals surface area contributed by atoms with Crippen LogP contribution in [0.4, 0.5) is 0 Å². The van der Waals surface area contributed by atoms with Gasteiger partial charge < -0.3 is 9.84 Å². The maximum Gasteiger partial charge on any atom is 0.155 e. The molecule has 0 heterocycles. The molecule has 0 spiro atoms. The molecule has 0 aromatic rings. The van der Waals surface area contributed by atoms with E-state index in [1.54, 1.807) is 5.57 Å². The fourth-order valence-electron chi connectivity index (χ4n) is 8.99. The van der Waals surface area contributed by atoms with Crippen LogP contribution in [0.1, 0.15) is 105 Å². The standard InChI is InChI=1S/C29H49O2/c1-19(2)8-7-9-20(3)25-12-13-26-24-11-10-22-18-23(31-21(4)30)14-16-28(22,5)27(24)15-17-29(25,26)6/h10,19-21,23-27,30H,4,7-9,11-18H2,1-3,5-6H3/t20-,21?,23+,24+,25-,26+,27+,28+,29-/m1/s1. The third-order valence-corrected chi connectivity index (χ3v) is 10.6. The van der Waals surface area contributed by atoms with Crippen LogP contribution in [-0.4, -0.2) is 17.5 Å². The summed E-state index contributed by atoms with van der Waals surface area (Å²) in [5, 5.41) is 9.58. The number of allylic oxidation sites excluding steroid dienone is 1. The van der Waals surface area contributed by atoms with Crippen LogP contribution in [0, 0.1) is 53.3 Å². The van der Waals surface area contributed by atoms with E-state index in [-0.39, 0.29) is 6.10 Å². The summed E-state index contributed by atoms with van der Waals surface area (Å²) in [6.07, 6.45) is 16.5. The summed E-state index contributed by atoms with van der Waals surface area (Å²) < 4.78 is 5.70. The summed E-state index contributed by atoms with van der Waals surface area (Å²) in [4.78, 5) is 0. The summed E-state index contributed by atoms with van der Waals surface area (Å²) in [5.74, 6) is 5.33. The zero-order chi connectivity index (χ0) is 22.4. The number of hydrogen-bond donors (Lipinski definition) is 1. The second kappa shape index (κ2) is 9.13. The average Bonchev–Trinajstić information content (AvgIpc) is 3.05. The van der Waals surface area contributed by atoms with Gasteiger partial charge in [-0.15, -0.1) is 0 Å². The van der Waals surface area contributed by atoms with Crippen molar-refractivity contribution in [2.75, 3.05) is 0 Å². The highest BCUT2D eigenvalue weighted by Gasteiger charge is 2.59. The van der Waals surface area contributed by atoms with Crippen molar-refractivity contribution >= 4 is 0 Å². The van der Waals surface area contributed by atoms with Crippen molar-refractivity contribution in [2.24, 2.45) is 46.3 Å². The average molecular weight is 430 g/mol. The first-order valence-corrected chi connectivity index (χ1v) is 13.5. The molecule has 0 saturated heterocycles. The Bertz CT molecular complexity index is 651. The Morgan fingerprint density at radius 2 is 1.84 bits per heavy atom. The van der Waals surface area contributed by atoms with Crippen molar-refractivity contribution in [1.29, 1.82) is 0 Å². The molecule has 31 heavy (non-hydrogen) atoms. The van der Waals surface area contributed by atoms with Gasteiger partial charge in [0.25, 0.3) is 0 Å². The molecule has 0 amide bonds. The van der Waals surface area contributed by atoms with Crippen LogP contribution in [0.2, 0.25) is 0 Å². The van der Waals surface area contributed by atoms with Gasteiger partial charge in [-0.25, -0.2) is 0 Å². The summed E-state index contributed by atoms with van der Waals surface area (Å²) in [7, 11) is 0. The van der Waals surface area contributed by atoms with Crippen molar-refractivity contribution < 1.29 is 9.84 Å². The van der Waals surface area contributed by atoms with E-state index in [2.05, 4.69) is 47.6 Å². The predicted octanol–water partition coefficient (Wildman–Crippen LogP) is 7.57. The zero-order valence-electron chi connectivity index (χ0n) is 21.0. The van der Waals surface area contributed by atoms with Crippen LogP contribution in [0.5, 0.6) is 0 Å². The third kappa shape index (κ3) is 4.42. The highest BCUT2D eigenvalue weighted by molar-refractivity contribution is 5.25. The van der Waals surface area contributed by atoms with Crippen molar-refractivity contribution in [1.82, 2.24) is 0 Å². The van der Waals surface area contributed by atoms with Gasteiger partial charge in [0.1, 0.15) is 0 Å². The smallest absolute Gasteiger partial charge is 0.155 e. The van der Waals surface area contributed by atoms with Crippen LogP contribution in [0.3, 0.4) is 0 Å². The Kier molecular flexibility index (Phi) is 7.01. The number of aliphatic hydroxyl groups excluding tert-OH is 1. The molecule has 2 heteroatoms. The number of rotatable bonds is 7. The molecular formula is C29H49O2. The van der Waals surface area contributed by atoms with Crippen LogP contribution >= 0.6 is 0 Å². The highest BCUT2D eigenvalue weighted by atomic mass is 16.6. The maximum atomic E-state index is 9.58. The lowest BCUT2D eigenvalue weighted by Gasteiger charge is -2.58. The quantitative estimate of drug-likeness (QED) is 0.334. The predicted molar refractivity (Wildman–Crippen MR) is 129 cm³/mol. The molecule has 0 aromatic heterocycles. The minimum Gasteiger partial charge on any atom is -0.368 e. The van der Waals surface area contributed by atoms with Gasteiger partial charge in [0.05, 0.1) is 6.10 Å². The van der Waals surface area contributed by atoms with Gasteiger partial charge in [0, 0.05) is 6.92 Å². The molecule has 3 saturated carbocycles. The van der Waals surface area contributed by atoms with Gasteiger partial charge in [0.2, 0.25) is 0 Å². The van der Waals surface area contributed by atoms with Crippen LogP contribution < -0.4 is 0 Å². The molecule has 0 aromatic carbocycles. The number of hydrogen-bond acceptors (Lipinski definition) is 2. The molecule has 177 valence electrons. The molecule has 1 N–H and O–H groups in total. The van der Waals surface area contributed by atoms with E-state index in [4.69, 9.17) is 4.74 Å². The molecule has 9 atom stereocenters. The molecule has 4 aliphatic rings. The normalized spacial score (nSPS) is 44.3. The van der Waals surface area contributed by atoms with E-state index in [0.717, 1.165) is 48.3 Å². The molecular weight excluding hydrogens is 380 g/mol. The van der Waals surface area contributed by atoms with Gasteiger partial charge in [0.15, 0.2) is 6.29 Å². The van der Waals surface area contributed by atoms with Gasteiger partial charge in [-0.2, -0.15) is 0 Å². The highest BCUT2D eigenvalue weighted by Crippen LogP contribution is 2.67. The maximum absolute atomic E-state index is 9.58. The first-order valence-electron chi connectivity index (χ1n) is 13.5. The monoisotopic (exact) mass is 429 g/mol.